The van der Waals surface area contributed by atoms with Crippen LogP contribution in [-0.4, -0.2) is 28.4 Å². The third-order valence-corrected chi connectivity index (χ3v) is 5.31. The van der Waals surface area contributed by atoms with Crippen molar-refractivity contribution in [1.29, 1.82) is 0 Å². The van der Waals surface area contributed by atoms with Crippen LogP contribution in [0.3, 0.4) is 0 Å². The molecule has 5 heteroatoms. The van der Waals surface area contributed by atoms with Crippen LogP contribution in [0.15, 0.2) is 11.7 Å². The van der Waals surface area contributed by atoms with Crippen molar-refractivity contribution < 1.29 is 0 Å². The Balaban J connectivity index is 2.00. The summed E-state index contributed by atoms with van der Waals surface area (Å²) in [6, 6.07) is 0. The molecule has 3 nitrogen and oxygen atoms in total. The van der Waals surface area contributed by atoms with Crippen molar-refractivity contribution in [3.05, 3.63) is 17.3 Å². The molecule has 3 rings (SSSR count). The molecule has 1 atom stereocenters. The lowest BCUT2D eigenvalue weighted by molar-refractivity contribution is 0.675. The van der Waals surface area contributed by atoms with Crippen molar-refractivity contribution in [3.63, 3.8) is 0 Å². The van der Waals surface area contributed by atoms with Gasteiger partial charge < -0.3 is 4.90 Å². The van der Waals surface area contributed by atoms with Crippen molar-refractivity contribution in [2.24, 2.45) is 5.92 Å². The van der Waals surface area contributed by atoms with Gasteiger partial charge in [0, 0.05) is 18.4 Å². The fourth-order valence-corrected chi connectivity index (χ4v) is 3.88. The number of fused-ring (bicyclic) bond motifs is 1. The van der Waals surface area contributed by atoms with Gasteiger partial charge in [-0.1, -0.05) is 15.9 Å². The number of aromatic nitrogens is 2. The second-order valence-electron chi connectivity index (χ2n) is 4.55. The average Bonchev–Trinajstić information content (AvgIpc) is 2.96. The maximum atomic E-state index is 4.48. The molecule has 1 fully saturated rings. The van der Waals surface area contributed by atoms with Crippen LogP contribution in [0.25, 0.3) is 10.2 Å². The van der Waals surface area contributed by atoms with E-state index in [1.54, 1.807) is 17.7 Å². The molecule has 17 heavy (non-hydrogen) atoms. The molecular formula is C12H14BrN3S. The fraction of sp³-hybridized carbons (Fsp3) is 0.500. The SMILES string of the molecule is Cc1csc2c(N3CCC(CBr)C3)ncnc12. The highest BCUT2D eigenvalue weighted by atomic mass is 79.9. The topological polar surface area (TPSA) is 29.0 Å². The smallest absolute Gasteiger partial charge is 0.150 e. The summed E-state index contributed by atoms with van der Waals surface area (Å²) in [5.74, 6) is 1.87. The Bertz CT molecular complexity index is 540. The van der Waals surface area contributed by atoms with Crippen molar-refractivity contribution in [2.75, 3.05) is 23.3 Å². The Morgan fingerprint density at radius 1 is 1.53 bits per heavy atom. The molecule has 0 aliphatic carbocycles. The van der Waals surface area contributed by atoms with Gasteiger partial charge in [0.05, 0.1) is 10.2 Å². The summed E-state index contributed by atoms with van der Waals surface area (Å²) in [5, 5.41) is 3.25. The largest absolute Gasteiger partial charge is 0.355 e. The van der Waals surface area contributed by atoms with Crippen molar-refractivity contribution in [2.45, 2.75) is 13.3 Å². The standard InChI is InChI=1S/C12H14BrN3S/c1-8-6-17-11-10(8)14-7-15-12(11)16-3-2-9(4-13)5-16/h6-7,9H,2-5H2,1H3. The van der Waals surface area contributed by atoms with Gasteiger partial charge in [0.15, 0.2) is 0 Å². The van der Waals surface area contributed by atoms with Crippen LogP contribution in [0.5, 0.6) is 0 Å². The molecule has 0 saturated carbocycles. The molecule has 0 bridgehead atoms. The molecule has 0 radical (unpaired) electrons. The summed E-state index contributed by atoms with van der Waals surface area (Å²) in [5.41, 5.74) is 2.37. The monoisotopic (exact) mass is 311 g/mol. The predicted octanol–water partition coefficient (Wildman–Crippen LogP) is 3.22. The molecule has 0 aromatic carbocycles. The Kier molecular flexibility index (Phi) is 3.04. The number of aryl methyl sites for hydroxylation is 1. The minimum absolute atomic E-state index is 0.751. The highest BCUT2D eigenvalue weighted by Crippen LogP contribution is 2.33. The first-order valence-electron chi connectivity index (χ1n) is 5.79. The van der Waals surface area contributed by atoms with E-state index in [-0.39, 0.29) is 0 Å². The summed E-state index contributed by atoms with van der Waals surface area (Å²) in [6.07, 6.45) is 2.94. The van der Waals surface area contributed by atoms with Gasteiger partial charge in [-0.2, -0.15) is 0 Å². The van der Waals surface area contributed by atoms with Crippen LogP contribution >= 0.6 is 27.3 Å². The van der Waals surface area contributed by atoms with Crippen molar-refractivity contribution in [1.82, 2.24) is 9.97 Å². The zero-order valence-corrected chi connectivity index (χ0v) is 12.1. The van der Waals surface area contributed by atoms with E-state index >= 15 is 0 Å². The van der Waals surface area contributed by atoms with Crippen LogP contribution in [-0.2, 0) is 0 Å². The number of halogens is 1. The summed E-state index contributed by atoms with van der Waals surface area (Å²) < 4.78 is 1.24. The lowest BCUT2D eigenvalue weighted by Crippen LogP contribution is -2.21. The maximum Gasteiger partial charge on any atom is 0.150 e. The second kappa shape index (κ2) is 4.53. The highest BCUT2D eigenvalue weighted by Gasteiger charge is 2.24. The number of nitrogens with zero attached hydrogens (tertiary/aromatic N) is 3. The average molecular weight is 312 g/mol. The number of anilines is 1. The third-order valence-electron chi connectivity index (χ3n) is 3.32. The van der Waals surface area contributed by atoms with Crippen LogP contribution in [0.1, 0.15) is 12.0 Å². The number of alkyl halides is 1. The van der Waals surface area contributed by atoms with Crippen molar-refractivity contribution >= 4 is 43.3 Å². The minimum Gasteiger partial charge on any atom is -0.355 e. The van der Waals surface area contributed by atoms with E-state index in [4.69, 9.17) is 0 Å². The molecule has 0 spiro atoms. The lowest BCUT2D eigenvalue weighted by atomic mass is 10.2. The third kappa shape index (κ3) is 1.95. The Labute approximate surface area is 113 Å². The zero-order valence-electron chi connectivity index (χ0n) is 9.69. The van der Waals surface area contributed by atoms with Gasteiger partial charge in [0.2, 0.25) is 0 Å². The van der Waals surface area contributed by atoms with Gasteiger partial charge in [0.25, 0.3) is 0 Å². The molecule has 0 N–H and O–H groups in total. The molecule has 0 amide bonds. The second-order valence-corrected chi connectivity index (χ2v) is 6.08. The van der Waals surface area contributed by atoms with Crippen LogP contribution in [0, 0.1) is 12.8 Å². The van der Waals surface area contributed by atoms with Gasteiger partial charge in [-0.25, -0.2) is 9.97 Å². The molecule has 90 valence electrons. The molecule has 2 aromatic rings. The molecule has 3 heterocycles. The van der Waals surface area contributed by atoms with E-state index in [9.17, 15) is 0 Å². The number of rotatable bonds is 2. The van der Waals surface area contributed by atoms with Gasteiger partial charge >= 0.3 is 0 Å². The predicted molar refractivity (Wildman–Crippen MR) is 76.3 cm³/mol. The van der Waals surface area contributed by atoms with Gasteiger partial charge in [-0.05, 0) is 30.2 Å². The summed E-state index contributed by atoms with van der Waals surface area (Å²) >= 11 is 5.33. The number of hydrogen-bond donors (Lipinski definition) is 0. The zero-order chi connectivity index (χ0) is 11.8. The highest BCUT2D eigenvalue weighted by molar-refractivity contribution is 9.09. The van der Waals surface area contributed by atoms with Gasteiger partial charge in [0.1, 0.15) is 12.1 Å². The quantitative estimate of drug-likeness (QED) is 0.797. The summed E-state index contributed by atoms with van der Waals surface area (Å²) in [4.78, 5) is 11.3. The first-order chi connectivity index (χ1) is 8.29. The summed E-state index contributed by atoms with van der Waals surface area (Å²) in [7, 11) is 0. The van der Waals surface area contributed by atoms with Crippen molar-refractivity contribution in [3.8, 4) is 0 Å². The van der Waals surface area contributed by atoms with Gasteiger partial charge in [-0.15, -0.1) is 11.3 Å². The van der Waals surface area contributed by atoms with E-state index in [0.29, 0.717) is 0 Å². The first kappa shape index (κ1) is 11.4. The van der Waals surface area contributed by atoms with E-state index < -0.39 is 0 Å². The molecule has 1 aliphatic rings. The first-order valence-corrected chi connectivity index (χ1v) is 7.79. The fourth-order valence-electron chi connectivity index (χ4n) is 2.33. The van der Waals surface area contributed by atoms with Crippen LogP contribution < -0.4 is 4.90 Å². The van der Waals surface area contributed by atoms with E-state index in [0.717, 1.165) is 35.7 Å². The Morgan fingerprint density at radius 3 is 3.18 bits per heavy atom. The van der Waals surface area contributed by atoms with Crippen LogP contribution in [0.4, 0.5) is 5.82 Å². The van der Waals surface area contributed by atoms with E-state index in [1.165, 1.54) is 16.7 Å². The minimum atomic E-state index is 0.751. The lowest BCUT2D eigenvalue weighted by Gasteiger charge is -2.17. The number of hydrogen-bond acceptors (Lipinski definition) is 4. The van der Waals surface area contributed by atoms with E-state index in [1.807, 2.05) is 0 Å². The Hall–Kier alpha value is -0.680. The van der Waals surface area contributed by atoms with Gasteiger partial charge in [-0.3, -0.25) is 0 Å². The number of thiophene rings is 1. The molecule has 1 saturated heterocycles. The molecular weight excluding hydrogens is 298 g/mol. The Morgan fingerprint density at radius 2 is 2.41 bits per heavy atom. The molecule has 1 aliphatic heterocycles. The molecule has 2 aromatic heterocycles. The molecule has 1 unspecified atom stereocenters. The normalized spacial score (nSPS) is 20.4. The van der Waals surface area contributed by atoms with E-state index in [2.05, 4.69) is 43.1 Å². The maximum absolute atomic E-state index is 4.48. The summed E-state index contributed by atoms with van der Waals surface area (Å²) in [6.45, 7) is 4.33. The van der Waals surface area contributed by atoms with Crippen LogP contribution in [0.2, 0.25) is 0 Å².